The highest BCUT2D eigenvalue weighted by atomic mass is 16.5. The molecule has 0 aromatic carbocycles. The molecule has 2 atom stereocenters. The number of hydrogen-bond donors (Lipinski definition) is 3. The lowest BCUT2D eigenvalue weighted by Gasteiger charge is -2.38. The Morgan fingerprint density at radius 3 is 2.27 bits per heavy atom. The molecule has 0 spiro atoms. The van der Waals surface area contributed by atoms with Crippen molar-refractivity contribution in [1.82, 2.24) is 20.4 Å². The van der Waals surface area contributed by atoms with Crippen LogP contribution >= 0.6 is 0 Å². The number of carbonyl (C=O) groups is 1. The maximum absolute atomic E-state index is 12.0. The third-order valence-electron chi connectivity index (χ3n) is 7.86. The topological polar surface area (TPSA) is 114 Å². The minimum Gasteiger partial charge on any atom is -0.405 e. The first-order valence-electron chi connectivity index (χ1n) is 15.1. The SMILES string of the molecule is CNCCC(CCN=C/C=C/N)(CCN1CCN(CCCOCCCOCC(=O)NC(C)C(C)(C)C)CC1)OC. The van der Waals surface area contributed by atoms with Gasteiger partial charge >= 0.3 is 0 Å². The standard InChI is InChI=1S/C30H60N6O4/c1-27(29(2,3)4)34-28(37)26-40-25-9-24-39-23-8-17-35-19-21-36(22-20-35)18-12-30(38-6,10-15-32-5)11-16-33-14-7-13-31/h7,13-14,27,32H,8-12,15-26,31H2,1-6H3,(H,34,37)/b13-7+,33-14?. The highest BCUT2D eigenvalue weighted by Crippen LogP contribution is 2.25. The molecule has 234 valence electrons. The average molecular weight is 569 g/mol. The molecule has 4 N–H and O–H groups in total. The summed E-state index contributed by atoms with van der Waals surface area (Å²) in [6.45, 7) is 18.6. The van der Waals surface area contributed by atoms with E-state index in [0.717, 1.165) is 91.1 Å². The second-order valence-corrected chi connectivity index (χ2v) is 11.9. The Balaban J connectivity index is 2.15. The first-order chi connectivity index (χ1) is 19.2. The summed E-state index contributed by atoms with van der Waals surface area (Å²) in [5, 5.41) is 6.26. The predicted octanol–water partition coefficient (Wildman–Crippen LogP) is 2.29. The van der Waals surface area contributed by atoms with Gasteiger partial charge in [-0.15, -0.1) is 0 Å². The lowest BCUT2D eigenvalue weighted by molar-refractivity contribution is -0.127. The summed E-state index contributed by atoms with van der Waals surface area (Å²) in [6, 6.07) is 0.110. The predicted molar refractivity (Wildman–Crippen MR) is 165 cm³/mol. The van der Waals surface area contributed by atoms with Gasteiger partial charge in [0.05, 0.1) is 5.60 Å². The monoisotopic (exact) mass is 568 g/mol. The van der Waals surface area contributed by atoms with Crippen LogP contribution in [0.2, 0.25) is 0 Å². The molecular weight excluding hydrogens is 508 g/mol. The lowest BCUT2D eigenvalue weighted by Crippen LogP contribution is -2.48. The first-order valence-corrected chi connectivity index (χ1v) is 15.1. The van der Waals surface area contributed by atoms with E-state index in [0.29, 0.717) is 13.2 Å². The number of amides is 1. The molecule has 0 bridgehead atoms. The summed E-state index contributed by atoms with van der Waals surface area (Å²) >= 11 is 0. The van der Waals surface area contributed by atoms with E-state index >= 15 is 0 Å². The molecule has 0 saturated carbocycles. The molecule has 1 amide bonds. The molecule has 1 aliphatic heterocycles. The normalized spacial score (nSPS) is 17.9. The minimum absolute atomic E-state index is 0.0408. The number of piperazine rings is 1. The molecule has 1 fully saturated rings. The maximum atomic E-state index is 12.0. The van der Waals surface area contributed by atoms with Crippen molar-refractivity contribution in [3.8, 4) is 0 Å². The number of ether oxygens (including phenoxy) is 3. The van der Waals surface area contributed by atoms with Crippen molar-refractivity contribution in [2.24, 2.45) is 16.1 Å². The largest absolute Gasteiger partial charge is 0.405 e. The average Bonchev–Trinajstić information content (AvgIpc) is 2.93. The molecule has 2 unspecified atom stereocenters. The van der Waals surface area contributed by atoms with E-state index in [2.05, 4.69) is 46.2 Å². The molecule has 0 radical (unpaired) electrons. The zero-order valence-electron chi connectivity index (χ0n) is 26.4. The molecule has 10 nitrogen and oxygen atoms in total. The van der Waals surface area contributed by atoms with Gasteiger partial charge in [0.25, 0.3) is 0 Å². The van der Waals surface area contributed by atoms with Crippen LogP contribution in [0.4, 0.5) is 0 Å². The van der Waals surface area contributed by atoms with Crippen molar-refractivity contribution in [2.75, 3.05) is 92.9 Å². The fourth-order valence-electron chi connectivity index (χ4n) is 4.51. The third kappa shape index (κ3) is 16.6. The second-order valence-electron chi connectivity index (χ2n) is 11.9. The smallest absolute Gasteiger partial charge is 0.246 e. The summed E-state index contributed by atoms with van der Waals surface area (Å²) in [7, 11) is 3.82. The lowest BCUT2D eigenvalue weighted by atomic mass is 9.88. The van der Waals surface area contributed by atoms with Crippen molar-refractivity contribution in [1.29, 1.82) is 0 Å². The van der Waals surface area contributed by atoms with Gasteiger partial charge in [-0.1, -0.05) is 20.8 Å². The summed E-state index contributed by atoms with van der Waals surface area (Å²) in [5.74, 6) is -0.0584. The van der Waals surface area contributed by atoms with Crippen LogP contribution in [0.15, 0.2) is 17.3 Å². The molecule has 0 aliphatic carbocycles. The maximum Gasteiger partial charge on any atom is 0.246 e. The summed E-state index contributed by atoms with van der Waals surface area (Å²) in [4.78, 5) is 21.5. The Bertz CT molecular complexity index is 707. The van der Waals surface area contributed by atoms with Gasteiger partial charge in [-0.3, -0.25) is 9.79 Å². The number of nitrogens with one attached hydrogen (secondary N) is 2. The third-order valence-corrected chi connectivity index (χ3v) is 7.86. The van der Waals surface area contributed by atoms with Crippen molar-refractivity contribution < 1.29 is 19.0 Å². The molecule has 40 heavy (non-hydrogen) atoms. The fourth-order valence-corrected chi connectivity index (χ4v) is 4.51. The molecule has 0 aromatic rings. The zero-order valence-corrected chi connectivity index (χ0v) is 26.4. The number of nitrogens with two attached hydrogens (primary N) is 1. The first kappa shape index (κ1) is 36.5. The highest BCUT2D eigenvalue weighted by molar-refractivity contribution is 5.77. The van der Waals surface area contributed by atoms with Crippen molar-refractivity contribution >= 4 is 12.1 Å². The van der Waals surface area contributed by atoms with Gasteiger partial charge in [0.1, 0.15) is 6.61 Å². The van der Waals surface area contributed by atoms with Gasteiger partial charge in [-0.25, -0.2) is 0 Å². The van der Waals surface area contributed by atoms with Gasteiger partial charge in [0.2, 0.25) is 5.91 Å². The Morgan fingerprint density at radius 2 is 1.65 bits per heavy atom. The van der Waals surface area contributed by atoms with E-state index in [1.165, 1.54) is 6.20 Å². The van der Waals surface area contributed by atoms with Crippen molar-refractivity contribution in [3.63, 3.8) is 0 Å². The quantitative estimate of drug-likeness (QED) is 0.135. The molecule has 0 aromatic heterocycles. The number of carbonyl (C=O) groups excluding carboxylic acids is 1. The Labute approximate surface area is 244 Å². The summed E-state index contributed by atoms with van der Waals surface area (Å²) < 4.78 is 17.3. The van der Waals surface area contributed by atoms with Crippen LogP contribution in [0.1, 0.15) is 59.8 Å². The highest BCUT2D eigenvalue weighted by Gasteiger charge is 2.30. The van der Waals surface area contributed by atoms with Crippen LogP contribution in [-0.4, -0.2) is 127 Å². The van der Waals surface area contributed by atoms with Crippen LogP contribution in [0.5, 0.6) is 0 Å². The van der Waals surface area contributed by atoms with E-state index < -0.39 is 0 Å². The molecule has 10 heteroatoms. The van der Waals surface area contributed by atoms with Crippen LogP contribution in [-0.2, 0) is 19.0 Å². The molecule has 1 saturated heterocycles. The fraction of sp³-hybridized carbons (Fsp3) is 0.867. The van der Waals surface area contributed by atoms with Gasteiger partial charge in [0.15, 0.2) is 0 Å². The Morgan fingerprint density at radius 1 is 1.00 bits per heavy atom. The van der Waals surface area contributed by atoms with Gasteiger partial charge < -0.3 is 40.4 Å². The van der Waals surface area contributed by atoms with Crippen LogP contribution < -0.4 is 16.4 Å². The van der Waals surface area contributed by atoms with E-state index in [-0.39, 0.29) is 29.6 Å². The number of aliphatic imine (C=N–C) groups is 1. The molecule has 1 heterocycles. The van der Waals surface area contributed by atoms with Crippen LogP contribution in [0.25, 0.3) is 0 Å². The van der Waals surface area contributed by atoms with Crippen LogP contribution in [0, 0.1) is 5.41 Å². The minimum atomic E-state index is -0.163. The molecule has 1 aliphatic rings. The van der Waals surface area contributed by atoms with Gasteiger partial charge in [0, 0.05) is 85.0 Å². The molecule has 1 rings (SSSR count). The van der Waals surface area contributed by atoms with Crippen LogP contribution in [0.3, 0.4) is 0 Å². The van der Waals surface area contributed by atoms with E-state index in [4.69, 9.17) is 19.9 Å². The zero-order chi connectivity index (χ0) is 29.7. The van der Waals surface area contributed by atoms with Crippen molar-refractivity contribution in [2.45, 2.75) is 71.4 Å². The Hall–Kier alpha value is -1.56. The second kappa shape index (κ2) is 21.2. The number of allylic oxidation sites excluding steroid dienone is 1. The molecular formula is C30H60N6O4. The van der Waals surface area contributed by atoms with E-state index in [1.54, 1.807) is 12.3 Å². The summed E-state index contributed by atoms with van der Waals surface area (Å²) in [5.41, 5.74) is 5.26. The number of hydrogen-bond acceptors (Lipinski definition) is 9. The summed E-state index contributed by atoms with van der Waals surface area (Å²) in [6.07, 6.45) is 9.72. The number of nitrogens with zero attached hydrogens (tertiary/aromatic N) is 3. The van der Waals surface area contributed by atoms with Gasteiger partial charge in [-0.2, -0.15) is 0 Å². The van der Waals surface area contributed by atoms with E-state index in [1.807, 2.05) is 21.1 Å². The number of rotatable bonds is 22. The van der Waals surface area contributed by atoms with E-state index in [9.17, 15) is 4.79 Å². The van der Waals surface area contributed by atoms with Crippen molar-refractivity contribution in [3.05, 3.63) is 12.3 Å². The van der Waals surface area contributed by atoms with Gasteiger partial charge in [-0.05, 0) is 70.3 Å². The number of methoxy groups -OCH3 is 1. The Kier molecular flexibility index (Phi) is 19.3.